The van der Waals surface area contributed by atoms with E-state index in [9.17, 15) is 0 Å². The van der Waals surface area contributed by atoms with Gasteiger partial charge in [-0.3, -0.25) is 4.98 Å². The number of aromatic nitrogens is 1. The van der Waals surface area contributed by atoms with Crippen LogP contribution in [-0.4, -0.2) is 11.6 Å². The number of fused-ring (bicyclic) bond motifs is 1. The van der Waals surface area contributed by atoms with Gasteiger partial charge in [-0.2, -0.15) is 0 Å². The molecule has 17 heavy (non-hydrogen) atoms. The van der Waals surface area contributed by atoms with Crippen molar-refractivity contribution in [2.24, 2.45) is 0 Å². The molecule has 0 aliphatic rings. The van der Waals surface area contributed by atoms with E-state index in [0.29, 0.717) is 12.5 Å². The molecule has 90 valence electrons. The summed E-state index contributed by atoms with van der Waals surface area (Å²) in [5.41, 5.74) is 3.47. The fraction of sp³-hybridized carbons (Fsp3) is 0.400. The molecule has 2 nitrogen and oxygen atoms in total. The van der Waals surface area contributed by atoms with Crippen molar-refractivity contribution in [2.45, 2.75) is 33.6 Å². The van der Waals surface area contributed by atoms with E-state index in [-0.39, 0.29) is 0 Å². The lowest BCUT2D eigenvalue weighted by Crippen LogP contribution is -1.96. The molecule has 0 fully saturated rings. The second-order valence-electron chi connectivity index (χ2n) is 4.62. The zero-order chi connectivity index (χ0) is 12.4. The van der Waals surface area contributed by atoms with Crippen LogP contribution in [-0.2, 0) is 0 Å². The number of hydrogen-bond donors (Lipinski definition) is 0. The number of ether oxygens (including phenoxy) is 1. The third kappa shape index (κ3) is 2.41. The summed E-state index contributed by atoms with van der Waals surface area (Å²) in [5.74, 6) is 1.42. The van der Waals surface area contributed by atoms with Crippen LogP contribution in [0.5, 0.6) is 5.75 Å². The van der Waals surface area contributed by atoms with Crippen molar-refractivity contribution in [3.8, 4) is 5.75 Å². The summed E-state index contributed by atoms with van der Waals surface area (Å²) >= 11 is 0. The van der Waals surface area contributed by atoms with Crippen LogP contribution < -0.4 is 4.74 Å². The molecule has 0 aliphatic carbocycles. The molecule has 0 aliphatic heterocycles. The van der Waals surface area contributed by atoms with Crippen molar-refractivity contribution >= 4 is 10.9 Å². The molecule has 0 amide bonds. The predicted octanol–water partition coefficient (Wildman–Crippen LogP) is 4.07. The number of benzene rings is 1. The van der Waals surface area contributed by atoms with Crippen molar-refractivity contribution < 1.29 is 4.74 Å². The highest BCUT2D eigenvalue weighted by molar-refractivity contribution is 5.84. The van der Waals surface area contributed by atoms with E-state index < -0.39 is 0 Å². The van der Waals surface area contributed by atoms with Gasteiger partial charge in [-0.15, -0.1) is 0 Å². The Morgan fingerprint density at radius 1 is 1.24 bits per heavy atom. The van der Waals surface area contributed by atoms with Crippen molar-refractivity contribution in [1.29, 1.82) is 0 Å². The highest BCUT2D eigenvalue weighted by atomic mass is 16.5. The van der Waals surface area contributed by atoms with E-state index in [1.807, 2.05) is 26.0 Å². The smallest absolute Gasteiger partial charge is 0.120 e. The van der Waals surface area contributed by atoms with Gasteiger partial charge in [-0.05, 0) is 49.6 Å². The Labute approximate surface area is 103 Å². The summed E-state index contributed by atoms with van der Waals surface area (Å²) in [4.78, 5) is 4.56. The highest BCUT2D eigenvalue weighted by Gasteiger charge is 2.08. The SMILES string of the molecule is CCOc1ccc2nc(C)cc(C(C)C)c2c1. The quantitative estimate of drug-likeness (QED) is 0.791. The first-order valence-electron chi connectivity index (χ1n) is 6.16. The molecule has 0 saturated heterocycles. The van der Waals surface area contributed by atoms with Crippen LogP contribution in [0.4, 0.5) is 0 Å². The monoisotopic (exact) mass is 229 g/mol. The number of nitrogens with zero attached hydrogens (tertiary/aromatic N) is 1. The van der Waals surface area contributed by atoms with Crippen molar-refractivity contribution in [3.05, 3.63) is 35.5 Å². The first kappa shape index (κ1) is 11.9. The van der Waals surface area contributed by atoms with Gasteiger partial charge in [0.05, 0.1) is 12.1 Å². The second-order valence-corrected chi connectivity index (χ2v) is 4.62. The first-order chi connectivity index (χ1) is 8.11. The Kier molecular flexibility index (Phi) is 3.32. The van der Waals surface area contributed by atoms with Gasteiger partial charge >= 0.3 is 0 Å². The molecular weight excluding hydrogens is 210 g/mol. The number of pyridine rings is 1. The molecule has 0 radical (unpaired) electrons. The van der Waals surface area contributed by atoms with E-state index in [2.05, 4.69) is 31.0 Å². The van der Waals surface area contributed by atoms with Crippen LogP contribution >= 0.6 is 0 Å². The third-order valence-electron chi connectivity index (χ3n) is 2.87. The van der Waals surface area contributed by atoms with Gasteiger partial charge in [0.25, 0.3) is 0 Å². The Morgan fingerprint density at radius 2 is 2.00 bits per heavy atom. The summed E-state index contributed by atoms with van der Waals surface area (Å²) in [6, 6.07) is 8.30. The second kappa shape index (κ2) is 4.74. The first-order valence-corrected chi connectivity index (χ1v) is 6.16. The molecule has 2 heteroatoms. The lowest BCUT2D eigenvalue weighted by atomic mass is 9.98. The maximum Gasteiger partial charge on any atom is 0.120 e. The molecule has 0 atom stereocenters. The van der Waals surface area contributed by atoms with Crippen LogP contribution in [0.3, 0.4) is 0 Å². The lowest BCUT2D eigenvalue weighted by Gasteiger charge is -2.12. The summed E-state index contributed by atoms with van der Waals surface area (Å²) in [6.07, 6.45) is 0. The molecule has 2 rings (SSSR count). The van der Waals surface area contributed by atoms with Gasteiger partial charge < -0.3 is 4.74 Å². The number of hydrogen-bond acceptors (Lipinski definition) is 2. The standard InChI is InChI=1S/C15H19NO/c1-5-17-12-6-7-15-14(9-12)13(10(2)3)8-11(4)16-15/h6-10H,5H2,1-4H3. The minimum absolute atomic E-state index is 0.496. The van der Waals surface area contributed by atoms with Crippen LogP contribution in [0, 0.1) is 6.92 Å². The fourth-order valence-corrected chi connectivity index (χ4v) is 2.10. The van der Waals surface area contributed by atoms with Gasteiger partial charge in [-0.1, -0.05) is 13.8 Å². The van der Waals surface area contributed by atoms with Gasteiger partial charge in [0.1, 0.15) is 5.75 Å². The van der Waals surface area contributed by atoms with Crippen molar-refractivity contribution in [2.75, 3.05) is 6.61 Å². The number of rotatable bonds is 3. The Balaban J connectivity index is 2.64. The van der Waals surface area contributed by atoms with Crippen molar-refractivity contribution in [1.82, 2.24) is 4.98 Å². The van der Waals surface area contributed by atoms with E-state index in [0.717, 1.165) is 17.0 Å². The van der Waals surface area contributed by atoms with E-state index >= 15 is 0 Å². The highest BCUT2D eigenvalue weighted by Crippen LogP contribution is 2.28. The van der Waals surface area contributed by atoms with Gasteiger partial charge in [0.2, 0.25) is 0 Å². The molecule has 0 N–H and O–H groups in total. The summed E-state index contributed by atoms with van der Waals surface area (Å²) < 4.78 is 5.55. The average Bonchev–Trinajstić information content (AvgIpc) is 2.28. The molecule has 2 aromatic rings. The van der Waals surface area contributed by atoms with Gasteiger partial charge in [0, 0.05) is 11.1 Å². The van der Waals surface area contributed by atoms with E-state index in [1.54, 1.807) is 0 Å². The molecule has 0 saturated carbocycles. The molecule has 0 spiro atoms. The van der Waals surface area contributed by atoms with Gasteiger partial charge in [-0.25, -0.2) is 0 Å². The molecule has 1 aromatic carbocycles. The normalized spacial score (nSPS) is 11.1. The largest absolute Gasteiger partial charge is 0.494 e. The van der Waals surface area contributed by atoms with Gasteiger partial charge in [0.15, 0.2) is 0 Å². The summed E-state index contributed by atoms with van der Waals surface area (Å²) in [6.45, 7) is 9.16. The minimum atomic E-state index is 0.496. The Hall–Kier alpha value is -1.57. The van der Waals surface area contributed by atoms with Crippen LogP contribution in [0.25, 0.3) is 10.9 Å². The molecule has 0 bridgehead atoms. The Morgan fingerprint density at radius 3 is 2.65 bits per heavy atom. The van der Waals surface area contributed by atoms with Crippen LogP contribution in [0.1, 0.15) is 37.9 Å². The predicted molar refractivity (Wildman–Crippen MR) is 71.7 cm³/mol. The molecular formula is C15H19NO. The van der Waals surface area contributed by atoms with Crippen molar-refractivity contribution in [3.63, 3.8) is 0 Å². The zero-order valence-electron chi connectivity index (χ0n) is 10.9. The number of aryl methyl sites for hydroxylation is 1. The topological polar surface area (TPSA) is 22.1 Å². The van der Waals surface area contributed by atoms with Crippen LogP contribution in [0.15, 0.2) is 24.3 Å². The zero-order valence-corrected chi connectivity index (χ0v) is 10.9. The molecule has 1 aromatic heterocycles. The maximum atomic E-state index is 5.55. The molecule has 1 heterocycles. The minimum Gasteiger partial charge on any atom is -0.494 e. The lowest BCUT2D eigenvalue weighted by molar-refractivity contribution is 0.340. The van der Waals surface area contributed by atoms with E-state index in [1.165, 1.54) is 10.9 Å². The molecule has 0 unspecified atom stereocenters. The maximum absolute atomic E-state index is 5.55. The van der Waals surface area contributed by atoms with E-state index in [4.69, 9.17) is 4.74 Å². The third-order valence-corrected chi connectivity index (χ3v) is 2.87. The summed E-state index contributed by atoms with van der Waals surface area (Å²) in [7, 11) is 0. The Bertz CT molecular complexity index is 532. The van der Waals surface area contributed by atoms with Crippen LogP contribution in [0.2, 0.25) is 0 Å². The average molecular weight is 229 g/mol. The summed E-state index contributed by atoms with van der Waals surface area (Å²) in [5, 5.41) is 1.21. The fourth-order valence-electron chi connectivity index (χ4n) is 2.10.